The number of carbonyl (C=O) groups excluding carboxylic acids is 4. The van der Waals surface area contributed by atoms with E-state index in [4.69, 9.17) is 15.6 Å². The molecule has 5 N–H and O–H groups in total. The van der Waals surface area contributed by atoms with Crippen molar-refractivity contribution in [2.45, 2.75) is 44.4 Å². The fourth-order valence-electron chi connectivity index (χ4n) is 2.91. The van der Waals surface area contributed by atoms with Crippen molar-refractivity contribution in [3.05, 3.63) is 24.3 Å². The second-order valence-corrected chi connectivity index (χ2v) is 7.06. The normalized spacial score (nSPS) is 19.7. The molecule has 0 aliphatic carbocycles. The van der Waals surface area contributed by atoms with Crippen molar-refractivity contribution in [3.8, 4) is 5.75 Å². The fraction of sp³-hybridized carbons (Fsp3) is 0.421. The van der Waals surface area contributed by atoms with Crippen LogP contribution in [0.25, 0.3) is 0 Å². The molecule has 0 bridgehead atoms. The van der Waals surface area contributed by atoms with Gasteiger partial charge in [0.1, 0.15) is 17.8 Å². The number of nitrogens with one attached hydrogen (secondary N) is 2. The summed E-state index contributed by atoms with van der Waals surface area (Å²) in [7, 11) is 1.51. The van der Waals surface area contributed by atoms with E-state index < -0.39 is 47.3 Å². The molecule has 11 nitrogen and oxygen atoms in total. The molecule has 1 aromatic rings. The zero-order valence-corrected chi connectivity index (χ0v) is 16.8. The molecule has 0 aromatic heterocycles. The summed E-state index contributed by atoms with van der Waals surface area (Å²) in [6, 6.07) is 4.33. The number of nitrogens with two attached hydrogens (primary N) is 1. The van der Waals surface area contributed by atoms with Crippen molar-refractivity contribution in [1.82, 2.24) is 10.6 Å². The van der Waals surface area contributed by atoms with Crippen molar-refractivity contribution in [3.63, 3.8) is 0 Å². The molecular weight excluding hydrogens is 396 g/mol. The lowest BCUT2D eigenvalue weighted by Gasteiger charge is -2.38. The van der Waals surface area contributed by atoms with Crippen LogP contribution in [-0.4, -0.2) is 59.4 Å². The van der Waals surface area contributed by atoms with Gasteiger partial charge in [0.2, 0.25) is 11.8 Å². The molecule has 1 heterocycles. The highest BCUT2D eigenvalue weighted by atomic mass is 16.5. The Balaban J connectivity index is 2.09. The first-order chi connectivity index (χ1) is 14.0. The zero-order chi connectivity index (χ0) is 22.6. The van der Waals surface area contributed by atoms with E-state index in [0.717, 1.165) is 0 Å². The average molecular weight is 420 g/mol. The molecule has 0 saturated carbocycles. The summed E-state index contributed by atoms with van der Waals surface area (Å²) < 4.78 is 5.65. The molecule has 0 saturated heterocycles. The lowest BCUT2D eigenvalue weighted by molar-refractivity contribution is -0.149. The number of fused-ring (bicyclic) bond motifs is 1. The molecule has 2 rings (SSSR count). The Morgan fingerprint density at radius 1 is 1.23 bits per heavy atom. The number of carboxylic acids is 1. The maximum absolute atomic E-state index is 12.8. The predicted molar refractivity (Wildman–Crippen MR) is 104 cm³/mol. The maximum atomic E-state index is 12.8. The highest BCUT2D eigenvalue weighted by Crippen LogP contribution is 2.36. The molecule has 0 fully saturated rings. The number of anilines is 1. The van der Waals surface area contributed by atoms with Gasteiger partial charge in [0.05, 0.1) is 5.69 Å². The van der Waals surface area contributed by atoms with Gasteiger partial charge in [-0.25, -0.2) is 0 Å². The monoisotopic (exact) mass is 420 g/mol. The number of amides is 4. The lowest BCUT2D eigenvalue weighted by atomic mass is 10.00. The number of rotatable bonds is 8. The summed E-state index contributed by atoms with van der Waals surface area (Å²) in [5.74, 6) is -3.96. The first-order valence-corrected chi connectivity index (χ1v) is 9.16. The van der Waals surface area contributed by atoms with Crippen molar-refractivity contribution in [2.75, 3.05) is 11.9 Å². The number of aliphatic carboxylic acids is 1. The van der Waals surface area contributed by atoms with Crippen LogP contribution in [0.2, 0.25) is 0 Å². The van der Waals surface area contributed by atoms with Crippen LogP contribution >= 0.6 is 0 Å². The topological polar surface area (TPSA) is 168 Å². The largest absolute Gasteiger partial charge is 0.481 e. The van der Waals surface area contributed by atoms with Crippen molar-refractivity contribution in [2.24, 2.45) is 5.73 Å². The molecule has 3 atom stereocenters. The smallest absolute Gasteiger partial charge is 0.303 e. The van der Waals surface area contributed by atoms with E-state index in [1.807, 2.05) is 0 Å². The van der Waals surface area contributed by atoms with Gasteiger partial charge in [0.25, 0.3) is 17.4 Å². The van der Waals surface area contributed by atoms with Crippen LogP contribution in [0.15, 0.2) is 24.3 Å². The van der Waals surface area contributed by atoms with Gasteiger partial charge in [-0.3, -0.25) is 24.0 Å². The van der Waals surface area contributed by atoms with Crippen LogP contribution in [0.1, 0.15) is 26.7 Å². The van der Waals surface area contributed by atoms with E-state index in [1.54, 1.807) is 24.3 Å². The van der Waals surface area contributed by atoms with Crippen LogP contribution in [-0.2, 0) is 24.0 Å². The lowest BCUT2D eigenvalue weighted by Crippen LogP contribution is -2.64. The summed E-state index contributed by atoms with van der Waals surface area (Å²) in [6.07, 6.45) is -0.571. The first-order valence-electron chi connectivity index (χ1n) is 9.16. The van der Waals surface area contributed by atoms with E-state index in [9.17, 15) is 24.0 Å². The van der Waals surface area contributed by atoms with Crippen LogP contribution in [0.5, 0.6) is 5.75 Å². The molecule has 1 aromatic carbocycles. The number of hydrogen-bond acceptors (Lipinski definition) is 6. The Morgan fingerprint density at radius 3 is 2.47 bits per heavy atom. The summed E-state index contributed by atoms with van der Waals surface area (Å²) >= 11 is 0. The summed E-state index contributed by atoms with van der Waals surface area (Å²) in [5, 5.41) is 13.4. The highest BCUT2D eigenvalue weighted by Gasteiger charge is 2.50. The molecule has 1 aliphatic rings. The standard InChI is InChI=1S/C19H24N4O7/c1-10(16(27)22-11(15(20)26)8-9-14(24)25)21-17(28)19(2)18(29)23(3)12-6-4-5-7-13(12)30-19/h4-7,10-11H,8-9H2,1-3H3,(H2,20,26)(H,21,28)(H,22,27)(H,24,25)/t10-,11-,19?/m0/s1. The van der Waals surface area contributed by atoms with Crippen molar-refractivity contribution < 1.29 is 33.8 Å². The Labute approximate surface area is 172 Å². The Kier molecular flexibility index (Phi) is 6.65. The minimum Gasteiger partial charge on any atom is -0.481 e. The number of hydrogen-bond donors (Lipinski definition) is 4. The van der Waals surface area contributed by atoms with E-state index in [0.29, 0.717) is 11.4 Å². The first kappa shape index (κ1) is 22.7. The molecule has 1 aliphatic heterocycles. The van der Waals surface area contributed by atoms with Crippen LogP contribution < -0.4 is 26.0 Å². The Morgan fingerprint density at radius 2 is 1.87 bits per heavy atom. The number of carboxylic acid groups (broad SMARTS) is 1. The number of likely N-dealkylation sites (N-methyl/N-ethyl adjacent to an activating group) is 1. The molecule has 0 spiro atoms. The number of ether oxygens (including phenoxy) is 1. The van der Waals surface area contributed by atoms with Gasteiger partial charge in [-0.05, 0) is 32.4 Å². The number of primary amides is 1. The zero-order valence-electron chi connectivity index (χ0n) is 16.8. The summed E-state index contributed by atoms with van der Waals surface area (Å²) in [6.45, 7) is 2.64. The third-order valence-electron chi connectivity index (χ3n) is 4.73. The van der Waals surface area contributed by atoms with Crippen molar-refractivity contribution >= 4 is 35.3 Å². The van der Waals surface area contributed by atoms with Crippen LogP contribution in [0, 0.1) is 0 Å². The van der Waals surface area contributed by atoms with E-state index in [-0.39, 0.29) is 12.8 Å². The molecule has 0 radical (unpaired) electrons. The van der Waals surface area contributed by atoms with E-state index >= 15 is 0 Å². The van der Waals surface area contributed by atoms with Crippen LogP contribution in [0.4, 0.5) is 5.69 Å². The second-order valence-electron chi connectivity index (χ2n) is 7.06. The molecule has 4 amide bonds. The quantitative estimate of drug-likeness (QED) is 0.397. The average Bonchev–Trinajstić information content (AvgIpc) is 2.68. The van der Waals surface area contributed by atoms with Gasteiger partial charge in [-0.2, -0.15) is 0 Å². The Hall–Kier alpha value is -3.63. The Bertz CT molecular complexity index is 887. The van der Waals surface area contributed by atoms with Gasteiger partial charge in [0.15, 0.2) is 0 Å². The molecule has 11 heteroatoms. The number of carbonyl (C=O) groups is 5. The van der Waals surface area contributed by atoms with Gasteiger partial charge < -0.3 is 31.1 Å². The van der Waals surface area contributed by atoms with Gasteiger partial charge in [-0.15, -0.1) is 0 Å². The summed E-state index contributed by atoms with van der Waals surface area (Å²) in [4.78, 5) is 61.3. The number of benzene rings is 1. The second kappa shape index (κ2) is 8.80. The van der Waals surface area contributed by atoms with Crippen LogP contribution in [0.3, 0.4) is 0 Å². The van der Waals surface area contributed by atoms with Gasteiger partial charge >= 0.3 is 5.97 Å². The molecule has 30 heavy (non-hydrogen) atoms. The minimum atomic E-state index is -1.91. The van der Waals surface area contributed by atoms with E-state index in [2.05, 4.69) is 10.6 Å². The number of nitrogens with zero attached hydrogens (tertiary/aromatic N) is 1. The molecule has 1 unspecified atom stereocenters. The molecular formula is C19H24N4O7. The predicted octanol–water partition coefficient (Wildman–Crippen LogP) is -0.860. The maximum Gasteiger partial charge on any atom is 0.303 e. The SMILES string of the molecule is C[C@H](NC(=O)C1(C)Oc2ccccc2N(C)C1=O)C(=O)N[C@@H](CCC(=O)O)C(N)=O. The van der Waals surface area contributed by atoms with Gasteiger partial charge in [-0.1, -0.05) is 12.1 Å². The van der Waals surface area contributed by atoms with E-state index in [1.165, 1.54) is 25.8 Å². The minimum absolute atomic E-state index is 0.196. The third-order valence-corrected chi connectivity index (χ3v) is 4.73. The fourth-order valence-corrected chi connectivity index (χ4v) is 2.91. The highest BCUT2D eigenvalue weighted by molar-refractivity contribution is 6.16. The number of para-hydroxylation sites is 2. The van der Waals surface area contributed by atoms with Crippen molar-refractivity contribution in [1.29, 1.82) is 0 Å². The third kappa shape index (κ3) is 4.67. The van der Waals surface area contributed by atoms with Gasteiger partial charge in [0, 0.05) is 13.5 Å². The summed E-state index contributed by atoms with van der Waals surface area (Å²) in [5.41, 5.74) is 3.77. The molecule has 162 valence electrons.